The highest BCUT2D eigenvalue weighted by atomic mass is 16.3. The third-order valence-electron chi connectivity index (χ3n) is 5.44. The van der Waals surface area contributed by atoms with E-state index in [2.05, 4.69) is 13.8 Å². The Balaban J connectivity index is 2.44. The van der Waals surface area contributed by atoms with Gasteiger partial charge in [0.05, 0.1) is 5.41 Å². The van der Waals surface area contributed by atoms with Gasteiger partial charge in [0.15, 0.2) is 0 Å². The van der Waals surface area contributed by atoms with Crippen LogP contribution in [0.3, 0.4) is 0 Å². The van der Waals surface area contributed by atoms with Gasteiger partial charge in [0.25, 0.3) is 0 Å². The first-order valence-corrected chi connectivity index (χ1v) is 9.36. The van der Waals surface area contributed by atoms with Gasteiger partial charge in [-0.05, 0) is 30.5 Å². The molecule has 0 heterocycles. The number of benzene rings is 3. The molecule has 0 bridgehead atoms. The smallest absolute Gasteiger partial charge is 0.120 e. The summed E-state index contributed by atoms with van der Waals surface area (Å²) in [5.74, 6) is 0.732. The molecule has 3 heteroatoms. The van der Waals surface area contributed by atoms with Crippen molar-refractivity contribution in [1.82, 2.24) is 0 Å². The molecule has 0 saturated heterocycles. The Labute approximate surface area is 160 Å². The summed E-state index contributed by atoms with van der Waals surface area (Å²) in [4.78, 5) is 0. The highest BCUT2D eigenvalue weighted by molar-refractivity contribution is 5.61. The summed E-state index contributed by atoms with van der Waals surface area (Å²) in [6, 6.07) is 21.5. The lowest BCUT2D eigenvalue weighted by Gasteiger charge is -2.39. The van der Waals surface area contributed by atoms with Crippen LogP contribution in [0.5, 0.6) is 17.2 Å². The maximum atomic E-state index is 10.8. The van der Waals surface area contributed by atoms with Gasteiger partial charge in [-0.3, -0.25) is 0 Å². The van der Waals surface area contributed by atoms with Crippen LogP contribution in [0.25, 0.3) is 0 Å². The Bertz CT molecular complexity index is 806. The summed E-state index contributed by atoms with van der Waals surface area (Å²) in [6.07, 6.45) is 1.58. The summed E-state index contributed by atoms with van der Waals surface area (Å²) < 4.78 is 0. The van der Waals surface area contributed by atoms with Crippen LogP contribution in [-0.2, 0) is 5.41 Å². The van der Waals surface area contributed by atoms with Crippen LogP contribution in [0.1, 0.15) is 43.4 Å². The van der Waals surface area contributed by atoms with E-state index in [1.165, 1.54) is 0 Å². The van der Waals surface area contributed by atoms with Crippen molar-refractivity contribution in [3.05, 3.63) is 89.5 Å². The summed E-state index contributed by atoms with van der Waals surface area (Å²) in [6.45, 7) is 4.27. The second-order valence-corrected chi connectivity index (χ2v) is 7.17. The van der Waals surface area contributed by atoms with Gasteiger partial charge in [0.2, 0.25) is 0 Å². The standard InChI is InChI=1S/C24H26O3/c1-3-17(2)16-24(18-10-4-7-13-21(18)25,19-11-5-8-14-22(19)26)20-12-6-9-15-23(20)27/h4-15,17,25-27H,3,16H2,1-2H3. The maximum absolute atomic E-state index is 10.8. The first kappa shape index (κ1) is 18.8. The molecule has 3 N–H and O–H groups in total. The Hall–Kier alpha value is -2.94. The summed E-state index contributed by atoms with van der Waals surface area (Å²) in [7, 11) is 0. The van der Waals surface area contributed by atoms with Crippen molar-refractivity contribution in [3.8, 4) is 17.2 Å². The van der Waals surface area contributed by atoms with Gasteiger partial charge in [-0.25, -0.2) is 0 Å². The quantitative estimate of drug-likeness (QED) is 0.502. The van der Waals surface area contributed by atoms with E-state index in [4.69, 9.17) is 0 Å². The zero-order valence-electron chi connectivity index (χ0n) is 15.8. The van der Waals surface area contributed by atoms with Crippen molar-refractivity contribution in [2.45, 2.75) is 32.1 Å². The molecule has 3 aromatic rings. The lowest BCUT2D eigenvalue weighted by molar-refractivity contribution is 0.368. The van der Waals surface area contributed by atoms with E-state index in [0.29, 0.717) is 29.0 Å². The molecule has 0 saturated carbocycles. The third kappa shape index (κ3) is 3.37. The fourth-order valence-corrected chi connectivity index (χ4v) is 3.94. The number of aromatic hydroxyl groups is 3. The Morgan fingerprint density at radius 1 is 0.667 bits per heavy atom. The molecule has 3 nitrogen and oxygen atoms in total. The van der Waals surface area contributed by atoms with Crippen molar-refractivity contribution in [1.29, 1.82) is 0 Å². The van der Waals surface area contributed by atoms with Crippen LogP contribution in [0.15, 0.2) is 72.8 Å². The maximum Gasteiger partial charge on any atom is 0.120 e. The van der Waals surface area contributed by atoms with Crippen LogP contribution < -0.4 is 0 Å². The molecule has 0 aromatic heterocycles. The van der Waals surface area contributed by atoms with E-state index in [1.54, 1.807) is 36.4 Å². The average molecular weight is 362 g/mol. The van der Waals surface area contributed by atoms with Crippen molar-refractivity contribution in [2.75, 3.05) is 0 Å². The van der Waals surface area contributed by atoms with Crippen LogP contribution in [-0.4, -0.2) is 15.3 Å². The van der Waals surface area contributed by atoms with Crippen molar-refractivity contribution >= 4 is 0 Å². The highest BCUT2D eigenvalue weighted by Crippen LogP contribution is 2.52. The Morgan fingerprint density at radius 3 is 1.30 bits per heavy atom. The molecule has 3 aromatic carbocycles. The molecule has 3 rings (SSSR count). The number of hydrogen-bond acceptors (Lipinski definition) is 3. The van der Waals surface area contributed by atoms with Gasteiger partial charge in [0.1, 0.15) is 17.2 Å². The van der Waals surface area contributed by atoms with E-state index >= 15 is 0 Å². The van der Waals surface area contributed by atoms with Gasteiger partial charge >= 0.3 is 0 Å². The Kier molecular flexibility index (Phi) is 5.41. The minimum atomic E-state index is -0.878. The first-order valence-electron chi connectivity index (χ1n) is 9.36. The first-order chi connectivity index (χ1) is 13.0. The number of rotatable bonds is 6. The van der Waals surface area contributed by atoms with Crippen molar-refractivity contribution in [3.63, 3.8) is 0 Å². The normalized spacial score (nSPS) is 12.7. The van der Waals surface area contributed by atoms with Gasteiger partial charge in [-0.2, -0.15) is 0 Å². The number of phenolic OH excluding ortho intramolecular Hbond substituents is 3. The van der Waals surface area contributed by atoms with Crippen LogP contribution in [0, 0.1) is 5.92 Å². The molecule has 27 heavy (non-hydrogen) atoms. The topological polar surface area (TPSA) is 60.7 Å². The minimum Gasteiger partial charge on any atom is -0.508 e. The minimum absolute atomic E-state index is 0.146. The lowest BCUT2D eigenvalue weighted by Crippen LogP contribution is -2.32. The van der Waals surface area contributed by atoms with E-state index in [1.807, 2.05) is 36.4 Å². The fraction of sp³-hybridized carbons (Fsp3) is 0.250. The highest BCUT2D eigenvalue weighted by Gasteiger charge is 2.42. The molecule has 1 unspecified atom stereocenters. The van der Waals surface area contributed by atoms with Gasteiger partial charge < -0.3 is 15.3 Å². The molecule has 0 spiro atoms. The van der Waals surface area contributed by atoms with Crippen molar-refractivity contribution in [2.24, 2.45) is 5.92 Å². The molecule has 0 radical (unpaired) electrons. The van der Waals surface area contributed by atoms with Crippen molar-refractivity contribution < 1.29 is 15.3 Å². The second-order valence-electron chi connectivity index (χ2n) is 7.17. The SMILES string of the molecule is CCC(C)CC(c1ccccc1O)(c1ccccc1O)c1ccccc1O. The average Bonchev–Trinajstić information content (AvgIpc) is 2.67. The molecule has 0 aliphatic rings. The van der Waals surface area contributed by atoms with Crippen LogP contribution in [0.4, 0.5) is 0 Å². The largest absolute Gasteiger partial charge is 0.508 e. The van der Waals surface area contributed by atoms with Crippen LogP contribution in [0.2, 0.25) is 0 Å². The molecule has 140 valence electrons. The van der Waals surface area contributed by atoms with E-state index in [-0.39, 0.29) is 17.2 Å². The number of para-hydroxylation sites is 3. The number of hydrogen-bond donors (Lipinski definition) is 3. The third-order valence-corrected chi connectivity index (χ3v) is 5.44. The van der Waals surface area contributed by atoms with Crippen LogP contribution >= 0.6 is 0 Å². The van der Waals surface area contributed by atoms with Gasteiger partial charge in [-0.1, -0.05) is 74.9 Å². The molecule has 1 atom stereocenters. The fourth-order valence-electron chi connectivity index (χ4n) is 3.94. The van der Waals surface area contributed by atoms with E-state index < -0.39 is 5.41 Å². The van der Waals surface area contributed by atoms with Gasteiger partial charge in [-0.15, -0.1) is 0 Å². The lowest BCUT2D eigenvalue weighted by atomic mass is 9.64. The second kappa shape index (κ2) is 7.75. The zero-order valence-corrected chi connectivity index (χ0v) is 15.8. The molecular weight excluding hydrogens is 336 g/mol. The van der Waals surface area contributed by atoms with E-state index in [0.717, 1.165) is 6.42 Å². The zero-order chi connectivity index (χ0) is 19.4. The molecule has 0 amide bonds. The Morgan fingerprint density at radius 2 is 1.00 bits per heavy atom. The molecule has 0 aliphatic carbocycles. The molecular formula is C24H26O3. The summed E-state index contributed by atoms with van der Waals surface area (Å²) in [5, 5.41) is 32.3. The van der Waals surface area contributed by atoms with Gasteiger partial charge in [0, 0.05) is 16.7 Å². The predicted octanol–water partition coefficient (Wildman–Crippen LogP) is 5.57. The van der Waals surface area contributed by atoms with E-state index in [9.17, 15) is 15.3 Å². The molecule has 0 aliphatic heterocycles. The monoisotopic (exact) mass is 362 g/mol. The number of phenols is 3. The molecule has 0 fully saturated rings. The summed E-state index contributed by atoms with van der Waals surface area (Å²) in [5.41, 5.74) is 1.15. The summed E-state index contributed by atoms with van der Waals surface area (Å²) >= 11 is 0. The predicted molar refractivity (Wildman–Crippen MR) is 108 cm³/mol.